The molecule has 0 aromatic heterocycles. The Morgan fingerprint density at radius 1 is 1.00 bits per heavy atom. The highest BCUT2D eigenvalue weighted by Gasteiger charge is 2.36. The molecule has 7 nitrogen and oxygen atoms in total. The second-order valence-corrected chi connectivity index (χ2v) is 7.39. The van der Waals surface area contributed by atoms with Gasteiger partial charge in [-0.2, -0.15) is 8.42 Å². The first-order valence-electron chi connectivity index (χ1n) is 7.43. The molecule has 0 saturated heterocycles. The van der Waals surface area contributed by atoms with Crippen LogP contribution in [0.25, 0.3) is 0 Å². The Morgan fingerprint density at radius 2 is 1.56 bits per heavy atom. The van der Waals surface area contributed by atoms with Crippen molar-refractivity contribution >= 4 is 27.6 Å². The highest BCUT2D eigenvalue weighted by molar-refractivity contribution is 7.85. The average Bonchev–Trinajstić information content (AvgIpc) is 2.78. The zero-order valence-corrected chi connectivity index (χ0v) is 14.4. The molecule has 0 radical (unpaired) electrons. The fourth-order valence-corrected chi connectivity index (χ4v) is 3.55. The maximum atomic E-state index is 12.5. The molecule has 3 rings (SSSR count). The van der Waals surface area contributed by atoms with Crippen LogP contribution in [0.5, 0.6) is 0 Å². The first kappa shape index (κ1) is 17.3. The van der Waals surface area contributed by atoms with Gasteiger partial charge in [-0.1, -0.05) is 18.2 Å². The number of carbonyl (C=O) groups excluding carboxylic acids is 2. The molecule has 8 heteroatoms. The lowest BCUT2D eigenvalue weighted by Crippen LogP contribution is -2.29. The summed E-state index contributed by atoms with van der Waals surface area (Å²) >= 11 is 0. The van der Waals surface area contributed by atoms with Gasteiger partial charge >= 0.3 is 0 Å². The quantitative estimate of drug-likeness (QED) is 0.660. The fourth-order valence-electron chi connectivity index (χ4n) is 2.82. The third-order valence-electron chi connectivity index (χ3n) is 3.87. The lowest BCUT2D eigenvalue weighted by Gasteiger charge is -2.18. The Labute approximate surface area is 145 Å². The zero-order chi connectivity index (χ0) is 18.4. The third-order valence-corrected chi connectivity index (χ3v) is 4.80. The highest BCUT2D eigenvalue weighted by atomic mass is 32.2. The topological polar surface area (TPSA) is 95.0 Å². The van der Waals surface area contributed by atoms with Crippen molar-refractivity contribution in [1.29, 1.82) is 0 Å². The number of nitrogens with zero attached hydrogens (tertiary/aromatic N) is 2. The fraction of sp³-hybridized carbons (Fsp3) is 0.176. The van der Waals surface area contributed by atoms with E-state index in [9.17, 15) is 22.6 Å². The van der Waals surface area contributed by atoms with Gasteiger partial charge in [0.2, 0.25) is 0 Å². The number of fused-ring (bicyclic) bond motifs is 1. The minimum absolute atomic E-state index is 0.0985. The molecule has 0 atom stereocenters. The molecule has 1 N–H and O–H groups in total. The van der Waals surface area contributed by atoms with Gasteiger partial charge in [-0.15, -0.1) is 0 Å². The number of amides is 2. The van der Waals surface area contributed by atoms with Crippen molar-refractivity contribution in [3.8, 4) is 0 Å². The predicted molar refractivity (Wildman–Crippen MR) is 91.2 cm³/mol. The van der Waals surface area contributed by atoms with E-state index in [0.29, 0.717) is 5.56 Å². The molecule has 2 aromatic rings. The van der Waals surface area contributed by atoms with Crippen LogP contribution in [0.1, 0.15) is 26.3 Å². The Morgan fingerprint density at radius 3 is 2.04 bits per heavy atom. The number of rotatable bonds is 4. The Kier molecular flexibility index (Phi) is 4.19. The van der Waals surface area contributed by atoms with E-state index in [2.05, 4.69) is 0 Å². The van der Waals surface area contributed by atoms with Crippen molar-refractivity contribution in [3.63, 3.8) is 0 Å². The summed E-state index contributed by atoms with van der Waals surface area (Å²) in [7, 11) is -0.998. The van der Waals surface area contributed by atoms with E-state index in [-0.39, 0.29) is 28.3 Å². The van der Waals surface area contributed by atoms with Crippen molar-refractivity contribution < 1.29 is 22.6 Å². The predicted octanol–water partition coefficient (Wildman–Crippen LogP) is 1.80. The third kappa shape index (κ3) is 3.07. The molecule has 2 amide bonds. The smallest absolute Gasteiger partial charge is 0.294 e. The van der Waals surface area contributed by atoms with E-state index >= 15 is 0 Å². The van der Waals surface area contributed by atoms with Gasteiger partial charge in [0.15, 0.2) is 0 Å². The van der Waals surface area contributed by atoms with Crippen LogP contribution in [0.2, 0.25) is 0 Å². The summed E-state index contributed by atoms with van der Waals surface area (Å²) in [5.41, 5.74) is 0.991. The van der Waals surface area contributed by atoms with Crippen molar-refractivity contribution in [3.05, 3.63) is 59.2 Å². The second kappa shape index (κ2) is 6.07. The lowest BCUT2D eigenvalue weighted by atomic mass is 10.1. The molecule has 2 aromatic carbocycles. The van der Waals surface area contributed by atoms with E-state index in [4.69, 9.17) is 0 Å². The molecular weight excluding hydrogens is 344 g/mol. The van der Waals surface area contributed by atoms with Crippen LogP contribution in [0.15, 0.2) is 47.4 Å². The minimum atomic E-state index is -4.51. The van der Waals surface area contributed by atoms with Crippen molar-refractivity contribution in [2.45, 2.75) is 11.4 Å². The molecule has 1 aliphatic rings. The van der Waals surface area contributed by atoms with E-state index < -0.39 is 21.9 Å². The van der Waals surface area contributed by atoms with Gasteiger partial charge in [-0.05, 0) is 43.9 Å². The molecule has 0 bridgehead atoms. The van der Waals surface area contributed by atoms with E-state index in [1.165, 1.54) is 12.1 Å². The Bertz CT molecular complexity index is 947. The first-order chi connectivity index (χ1) is 11.7. The van der Waals surface area contributed by atoms with E-state index in [1.807, 2.05) is 0 Å². The monoisotopic (exact) mass is 360 g/mol. The van der Waals surface area contributed by atoms with Crippen LogP contribution < -0.4 is 4.90 Å². The summed E-state index contributed by atoms with van der Waals surface area (Å²) in [4.78, 5) is 27.4. The average molecular weight is 360 g/mol. The van der Waals surface area contributed by atoms with Gasteiger partial charge in [0, 0.05) is 6.54 Å². The van der Waals surface area contributed by atoms with Crippen molar-refractivity contribution in [2.75, 3.05) is 19.0 Å². The zero-order valence-electron chi connectivity index (χ0n) is 13.6. The van der Waals surface area contributed by atoms with E-state index in [1.54, 1.807) is 43.3 Å². The van der Waals surface area contributed by atoms with Gasteiger partial charge in [-0.25, -0.2) is 4.90 Å². The Balaban J connectivity index is 2.11. The Hall–Kier alpha value is -2.55. The van der Waals surface area contributed by atoms with Crippen molar-refractivity contribution in [2.24, 2.45) is 0 Å². The number of imide groups is 1. The van der Waals surface area contributed by atoms with Crippen LogP contribution in [0.4, 0.5) is 5.69 Å². The second-order valence-electron chi connectivity index (χ2n) is 6.00. The molecule has 1 heterocycles. The van der Waals surface area contributed by atoms with E-state index in [0.717, 1.165) is 11.0 Å². The van der Waals surface area contributed by atoms with Crippen LogP contribution in [-0.4, -0.2) is 43.8 Å². The molecule has 0 unspecified atom stereocenters. The molecule has 25 heavy (non-hydrogen) atoms. The normalized spacial score (nSPS) is 14.3. The van der Waals surface area contributed by atoms with Gasteiger partial charge < -0.3 is 4.90 Å². The molecule has 0 saturated carbocycles. The summed E-state index contributed by atoms with van der Waals surface area (Å²) in [6.07, 6.45) is 0. The van der Waals surface area contributed by atoms with Crippen LogP contribution >= 0.6 is 0 Å². The number of hydrogen-bond acceptors (Lipinski definition) is 5. The molecule has 130 valence electrons. The van der Waals surface area contributed by atoms with Gasteiger partial charge in [-0.3, -0.25) is 14.1 Å². The van der Waals surface area contributed by atoms with Crippen LogP contribution in [-0.2, 0) is 16.7 Å². The molecule has 1 aliphatic heterocycles. The van der Waals surface area contributed by atoms with Crippen molar-refractivity contribution in [1.82, 2.24) is 4.90 Å². The number of hydrogen-bond donors (Lipinski definition) is 1. The lowest BCUT2D eigenvalue weighted by molar-refractivity contribution is 0.0926. The SMILES string of the molecule is CN(C)Cc1ccc(N2C(=O)c3ccccc3C2=O)cc1S(=O)(=O)O. The first-order valence-corrected chi connectivity index (χ1v) is 8.87. The van der Waals surface area contributed by atoms with Gasteiger partial charge in [0.25, 0.3) is 21.9 Å². The molecule has 0 spiro atoms. The summed E-state index contributed by atoms with van der Waals surface area (Å²) in [6, 6.07) is 10.5. The van der Waals surface area contributed by atoms with Crippen LogP contribution in [0, 0.1) is 0 Å². The van der Waals surface area contributed by atoms with Gasteiger partial charge in [0.1, 0.15) is 4.90 Å². The number of anilines is 1. The summed E-state index contributed by atoms with van der Waals surface area (Å²) in [6.45, 7) is 0.275. The molecule has 0 fully saturated rings. The van der Waals surface area contributed by atoms with Crippen LogP contribution in [0.3, 0.4) is 0 Å². The maximum Gasteiger partial charge on any atom is 0.294 e. The number of carbonyl (C=O) groups is 2. The summed E-state index contributed by atoms with van der Waals surface area (Å²) in [5, 5.41) is 0. The molecular formula is C17H16N2O5S. The van der Waals surface area contributed by atoms with Gasteiger partial charge in [0.05, 0.1) is 16.8 Å². The summed E-state index contributed by atoms with van der Waals surface area (Å²) in [5.74, 6) is -1.05. The minimum Gasteiger partial charge on any atom is -0.305 e. The highest BCUT2D eigenvalue weighted by Crippen LogP contribution is 2.31. The maximum absolute atomic E-state index is 12.5. The summed E-state index contributed by atoms with van der Waals surface area (Å²) < 4.78 is 33.0. The standard InChI is InChI=1S/C17H16N2O5S/c1-18(2)10-11-7-8-12(9-15(11)25(22,23)24)19-16(20)13-5-3-4-6-14(13)17(19)21/h3-9H,10H2,1-2H3,(H,22,23,24). The molecule has 0 aliphatic carbocycles. The largest absolute Gasteiger partial charge is 0.305 e. The number of benzene rings is 2.